The Balaban J connectivity index is 1.90. The van der Waals surface area contributed by atoms with Crippen molar-refractivity contribution in [3.05, 3.63) is 89.0 Å². The molecule has 10 heteroatoms. The van der Waals surface area contributed by atoms with Crippen LogP contribution in [-0.2, 0) is 14.3 Å². The molecule has 0 N–H and O–H groups in total. The zero-order valence-electron chi connectivity index (χ0n) is 21.4. The molecule has 8 nitrogen and oxygen atoms in total. The molecule has 0 aliphatic carbocycles. The van der Waals surface area contributed by atoms with Gasteiger partial charge in [0.1, 0.15) is 16.3 Å². The summed E-state index contributed by atoms with van der Waals surface area (Å²) in [6.45, 7) is 3.92. The highest BCUT2D eigenvalue weighted by atomic mass is 79.9. The molecule has 0 spiro atoms. The second kappa shape index (κ2) is 10.3. The molecule has 0 unspecified atom stereocenters. The fourth-order valence-corrected chi connectivity index (χ4v) is 6.46. The van der Waals surface area contributed by atoms with Gasteiger partial charge in [0.25, 0.3) is 11.5 Å². The third-order valence-corrected chi connectivity index (χ3v) is 8.18. The molecular weight excluding hydrogens is 570 g/mol. The van der Waals surface area contributed by atoms with Crippen molar-refractivity contribution in [1.82, 2.24) is 4.57 Å². The van der Waals surface area contributed by atoms with Crippen LogP contribution in [0.3, 0.4) is 0 Å². The van der Waals surface area contributed by atoms with Crippen LogP contribution in [0.25, 0.3) is 5.57 Å². The van der Waals surface area contributed by atoms with E-state index >= 15 is 0 Å². The van der Waals surface area contributed by atoms with Gasteiger partial charge < -0.3 is 14.4 Å². The minimum absolute atomic E-state index is 0.177. The van der Waals surface area contributed by atoms with Crippen LogP contribution in [0.1, 0.15) is 43.9 Å². The van der Waals surface area contributed by atoms with Crippen molar-refractivity contribution in [3.63, 3.8) is 0 Å². The standard InChI is InChI=1S/C28H26BrN3O5S/c1-5-9-18-22(27(35)37-6-2)23(17-14-15(29)12-13-20(17)36-4)32-26(34)24(38-28(32)30-18)21-16-10-7-8-11-19(16)31(3)25(21)33/h7-8,10-14,23H,5-6,9H2,1-4H3/b24-21+/t23-/m1/s1. The van der Waals surface area contributed by atoms with E-state index in [1.165, 1.54) is 4.57 Å². The Bertz CT molecular complexity index is 1690. The third-order valence-electron chi connectivity index (χ3n) is 6.63. The summed E-state index contributed by atoms with van der Waals surface area (Å²) in [6.07, 6.45) is 1.25. The van der Waals surface area contributed by atoms with Crippen LogP contribution in [-0.4, -0.2) is 37.2 Å². The average molecular weight is 597 g/mol. The first kappa shape index (κ1) is 26.1. The number of hydrogen-bond acceptors (Lipinski definition) is 7. The van der Waals surface area contributed by atoms with Crippen LogP contribution in [0.5, 0.6) is 5.75 Å². The molecule has 0 saturated carbocycles. The van der Waals surface area contributed by atoms with E-state index in [0.717, 1.165) is 27.9 Å². The number of para-hydroxylation sites is 1. The van der Waals surface area contributed by atoms with Gasteiger partial charge in [0.05, 0.1) is 36.2 Å². The molecule has 5 rings (SSSR count). The first-order valence-electron chi connectivity index (χ1n) is 12.3. The van der Waals surface area contributed by atoms with Gasteiger partial charge in [-0.1, -0.05) is 58.8 Å². The van der Waals surface area contributed by atoms with Gasteiger partial charge in [-0.3, -0.25) is 14.2 Å². The van der Waals surface area contributed by atoms with Crippen LogP contribution in [0.15, 0.2) is 68.0 Å². The Kier molecular flexibility index (Phi) is 7.11. The number of carbonyl (C=O) groups excluding carboxylic acids is 2. The molecule has 3 aromatic rings. The number of benzene rings is 2. The van der Waals surface area contributed by atoms with Crippen molar-refractivity contribution in [1.29, 1.82) is 0 Å². The van der Waals surface area contributed by atoms with Crippen molar-refractivity contribution in [2.24, 2.45) is 4.99 Å². The summed E-state index contributed by atoms with van der Waals surface area (Å²) in [6, 6.07) is 12.0. The molecule has 2 aliphatic heterocycles. The number of allylic oxidation sites excluding steroid dienone is 1. The van der Waals surface area contributed by atoms with E-state index in [2.05, 4.69) is 15.9 Å². The predicted molar refractivity (Wildman–Crippen MR) is 149 cm³/mol. The van der Waals surface area contributed by atoms with Crippen LogP contribution in [0.2, 0.25) is 0 Å². The van der Waals surface area contributed by atoms with Gasteiger partial charge in [0, 0.05) is 22.6 Å². The number of fused-ring (bicyclic) bond motifs is 2. The number of aromatic nitrogens is 1. The monoisotopic (exact) mass is 595 g/mol. The lowest BCUT2D eigenvalue weighted by atomic mass is 9.93. The van der Waals surface area contributed by atoms with Crippen molar-refractivity contribution in [3.8, 4) is 5.75 Å². The second-order valence-electron chi connectivity index (χ2n) is 8.88. The van der Waals surface area contributed by atoms with Crippen molar-refractivity contribution in [2.75, 3.05) is 25.7 Å². The minimum Gasteiger partial charge on any atom is -0.496 e. The third kappa shape index (κ3) is 4.12. The Morgan fingerprint density at radius 3 is 2.63 bits per heavy atom. The molecule has 2 aromatic carbocycles. The normalized spacial score (nSPS) is 17.8. The number of halogens is 1. The number of nitrogens with zero attached hydrogens (tertiary/aromatic N) is 3. The van der Waals surface area contributed by atoms with E-state index in [4.69, 9.17) is 14.5 Å². The smallest absolute Gasteiger partial charge is 0.338 e. The van der Waals surface area contributed by atoms with Gasteiger partial charge >= 0.3 is 5.97 Å². The fraction of sp³-hybridized carbons (Fsp3) is 0.286. The van der Waals surface area contributed by atoms with E-state index in [1.54, 1.807) is 32.0 Å². The molecule has 196 valence electrons. The largest absolute Gasteiger partial charge is 0.496 e. The molecule has 0 fully saturated rings. The van der Waals surface area contributed by atoms with Crippen LogP contribution >= 0.6 is 27.3 Å². The van der Waals surface area contributed by atoms with Gasteiger partial charge in [-0.2, -0.15) is 0 Å². The first-order valence-corrected chi connectivity index (χ1v) is 13.9. The molecule has 2 aliphatic rings. The number of rotatable bonds is 6. The van der Waals surface area contributed by atoms with Gasteiger partial charge in [-0.25, -0.2) is 9.79 Å². The number of anilines is 1. The first-order chi connectivity index (χ1) is 18.3. The zero-order chi connectivity index (χ0) is 27.1. The molecule has 1 atom stereocenters. The quantitative estimate of drug-likeness (QED) is 0.405. The van der Waals surface area contributed by atoms with Crippen molar-refractivity contribution >= 4 is 50.4 Å². The molecule has 3 heterocycles. The van der Waals surface area contributed by atoms with Gasteiger partial charge in [-0.15, -0.1) is 0 Å². The number of ether oxygens (including phenoxy) is 2. The number of carbonyl (C=O) groups is 2. The van der Waals surface area contributed by atoms with E-state index < -0.39 is 17.6 Å². The lowest BCUT2D eigenvalue weighted by molar-refractivity contribution is -0.139. The Morgan fingerprint density at radius 2 is 1.92 bits per heavy atom. The number of methoxy groups -OCH3 is 1. The number of amides is 1. The number of thiazole rings is 1. The van der Waals surface area contributed by atoms with E-state index in [-0.39, 0.29) is 17.0 Å². The van der Waals surface area contributed by atoms with Gasteiger partial charge in [0.15, 0.2) is 4.80 Å². The second-order valence-corrected chi connectivity index (χ2v) is 10.8. The highest BCUT2D eigenvalue weighted by Gasteiger charge is 2.38. The maximum atomic E-state index is 14.2. The SMILES string of the molecule is CCCC1=C(C(=O)OCC)[C@@H](c2cc(Br)ccc2OC)n2c(s/c(=C3/C(=O)N(C)c4ccccc43)c2=O)=N1. The molecule has 0 saturated heterocycles. The number of esters is 1. The molecule has 0 radical (unpaired) electrons. The fourth-order valence-electron chi connectivity index (χ4n) is 4.97. The number of hydrogen-bond donors (Lipinski definition) is 0. The van der Waals surface area contributed by atoms with Gasteiger partial charge in [-0.05, 0) is 37.6 Å². The number of likely N-dealkylation sites (N-methyl/N-ethyl adjacent to an activating group) is 1. The Labute approximate surface area is 231 Å². The van der Waals surface area contributed by atoms with Crippen LogP contribution in [0, 0.1) is 0 Å². The predicted octanol–water partition coefficient (Wildman–Crippen LogP) is 3.70. The Hall–Kier alpha value is -3.50. The topological polar surface area (TPSA) is 90.2 Å². The minimum atomic E-state index is -0.849. The summed E-state index contributed by atoms with van der Waals surface area (Å²) < 4.78 is 13.7. The summed E-state index contributed by atoms with van der Waals surface area (Å²) in [4.78, 5) is 47.8. The summed E-state index contributed by atoms with van der Waals surface area (Å²) in [7, 11) is 3.24. The van der Waals surface area contributed by atoms with E-state index in [0.29, 0.717) is 44.9 Å². The zero-order valence-corrected chi connectivity index (χ0v) is 23.8. The molecule has 1 amide bonds. The Morgan fingerprint density at radius 1 is 1.16 bits per heavy atom. The van der Waals surface area contributed by atoms with Crippen LogP contribution in [0.4, 0.5) is 5.69 Å². The molecular formula is C28H26BrN3O5S. The lowest BCUT2D eigenvalue weighted by Gasteiger charge is -2.27. The highest BCUT2D eigenvalue weighted by molar-refractivity contribution is 9.10. The van der Waals surface area contributed by atoms with Crippen LogP contribution < -0.4 is 24.5 Å². The average Bonchev–Trinajstić information content (AvgIpc) is 3.36. The molecule has 38 heavy (non-hydrogen) atoms. The summed E-state index contributed by atoms with van der Waals surface area (Å²) in [5, 5.41) is 0. The summed E-state index contributed by atoms with van der Waals surface area (Å²) in [5.74, 6) is -0.281. The maximum Gasteiger partial charge on any atom is 0.338 e. The van der Waals surface area contributed by atoms with Crippen molar-refractivity contribution < 1.29 is 19.1 Å². The highest BCUT2D eigenvalue weighted by Crippen LogP contribution is 2.39. The lowest BCUT2D eigenvalue weighted by Crippen LogP contribution is -2.41. The van der Waals surface area contributed by atoms with Gasteiger partial charge in [0.2, 0.25) is 0 Å². The maximum absolute atomic E-state index is 14.2. The summed E-state index contributed by atoms with van der Waals surface area (Å²) >= 11 is 4.69. The molecule has 1 aromatic heterocycles. The summed E-state index contributed by atoms with van der Waals surface area (Å²) in [5.41, 5.74) is 2.84. The van der Waals surface area contributed by atoms with Crippen molar-refractivity contribution in [2.45, 2.75) is 32.7 Å². The van der Waals surface area contributed by atoms with E-state index in [1.807, 2.05) is 43.3 Å². The van der Waals surface area contributed by atoms with E-state index in [9.17, 15) is 14.4 Å². The molecule has 0 bridgehead atoms.